The van der Waals surface area contributed by atoms with Crippen LogP contribution < -0.4 is 5.73 Å². The van der Waals surface area contributed by atoms with Gasteiger partial charge in [-0.25, -0.2) is 0 Å². The molecule has 0 aromatic heterocycles. The topological polar surface area (TPSA) is 26.0 Å². The fraction of sp³-hybridized carbons (Fsp3) is 0.0526. The molecule has 2 heteroatoms. The van der Waals surface area contributed by atoms with Gasteiger partial charge in [-0.2, -0.15) is 0 Å². The molecule has 4 rings (SSSR count). The summed E-state index contributed by atoms with van der Waals surface area (Å²) in [5.41, 5.74) is 12.5. The summed E-state index contributed by atoms with van der Waals surface area (Å²) in [6, 6.07) is 24.4. The Bertz CT molecular complexity index is 793. The molecule has 3 aromatic carbocycles. The lowest BCUT2D eigenvalue weighted by Gasteiger charge is -2.26. The van der Waals surface area contributed by atoms with Gasteiger partial charge >= 0.3 is 0 Å². The smallest absolute Gasteiger partial charge is 0.123 e. The van der Waals surface area contributed by atoms with E-state index in [2.05, 4.69) is 24.3 Å². The highest BCUT2D eigenvalue weighted by atomic mass is 35.5. The Kier molecular flexibility index (Phi) is 2.60. The van der Waals surface area contributed by atoms with Crippen molar-refractivity contribution in [1.29, 1.82) is 0 Å². The monoisotopic (exact) mass is 291 g/mol. The number of halogens is 1. The van der Waals surface area contributed by atoms with Gasteiger partial charge in [0.05, 0.1) is 0 Å². The number of rotatable bonds is 1. The highest BCUT2D eigenvalue weighted by Gasteiger charge is 2.43. The van der Waals surface area contributed by atoms with Crippen LogP contribution in [0.5, 0.6) is 0 Å². The lowest BCUT2D eigenvalue weighted by Crippen LogP contribution is -2.20. The summed E-state index contributed by atoms with van der Waals surface area (Å²) in [6.45, 7) is 0. The number of anilines is 1. The van der Waals surface area contributed by atoms with Gasteiger partial charge in [-0.05, 0) is 28.3 Å². The quantitative estimate of drug-likeness (QED) is 0.507. The number of para-hydroxylation sites is 1. The average Bonchev–Trinajstić information content (AvgIpc) is 2.79. The number of hydrogen-bond acceptors (Lipinski definition) is 1. The minimum absolute atomic E-state index is 0.710. The fourth-order valence-electron chi connectivity index (χ4n) is 3.28. The van der Waals surface area contributed by atoms with Crippen molar-refractivity contribution in [3.8, 4) is 11.1 Å². The van der Waals surface area contributed by atoms with Crippen LogP contribution in [0.15, 0.2) is 72.8 Å². The largest absolute Gasteiger partial charge is 0.398 e. The van der Waals surface area contributed by atoms with Crippen LogP contribution in [0.25, 0.3) is 11.1 Å². The summed E-state index contributed by atoms with van der Waals surface area (Å²) in [7, 11) is 0. The molecule has 0 saturated carbocycles. The van der Waals surface area contributed by atoms with Crippen LogP contribution in [0.3, 0.4) is 0 Å². The molecule has 0 fully saturated rings. The zero-order chi connectivity index (χ0) is 14.4. The number of hydrogen-bond donors (Lipinski definition) is 1. The predicted octanol–water partition coefficient (Wildman–Crippen LogP) is 4.78. The lowest BCUT2D eigenvalue weighted by atomic mass is 9.87. The van der Waals surface area contributed by atoms with E-state index in [-0.39, 0.29) is 0 Å². The molecule has 1 aliphatic carbocycles. The Morgan fingerprint density at radius 2 is 1.05 bits per heavy atom. The Morgan fingerprint density at radius 3 is 1.57 bits per heavy atom. The van der Waals surface area contributed by atoms with E-state index in [0.717, 1.165) is 22.4 Å². The SMILES string of the molecule is Nc1ccccc1C1(Cl)c2ccccc2-c2ccccc21. The minimum Gasteiger partial charge on any atom is -0.398 e. The van der Waals surface area contributed by atoms with Crippen molar-refractivity contribution in [2.75, 3.05) is 5.73 Å². The molecule has 102 valence electrons. The number of benzene rings is 3. The first-order valence-electron chi connectivity index (χ1n) is 6.96. The van der Waals surface area contributed by atoms with E-state index in [1.165, 1.54) is 11.1 Å². The molecule has 0 saturated heterocycles. The molecule has 1 aliphatic rings. The van der Waals surface area contributed by atoms with E-state index in [1.807, 2.05) is 48.5 Å². The number of fused-ring (bicyclic) bond motifs is 3. The third-order valence-corrected chi connectivity index (χ3v) is 4.83. The van der Waals surface area contributed by atoms with Crippen molar-refractivity contribution in [1.82, 2.24) is 0 Å². The molecule has 0 atom stereocenters. The van der Waals surface area contributed by atoms with Crippen LogP contribution in [-0.2, 0) is 4.87 Å². The van der Waals surface area contributed by atoms with E-state index in [9.17, 15) is 0 Å². The van der Waals surface area contributed by atoms with Crippen molar-refractivity contribution >= 4 is 17.3 Å². The standard InChI is InChI=1S/C19H14ClN/c20-19(17-11-5-6-12-18(17)21)15-9-3-1-7-13(15)14-8-2-4-10-16(14)19/h1-12H,21H2. The van der Waals surface area contributed by atoms with Crippen LogP contribution in [0, 0.1) is 0 Å². The Balaban J connectivity index is 2.12. The van der Waals surface area contributed by atoms with Crippen molar-refractivity contribution in [2.24, 2.45) is 0 Å². The normalized spacial score (nSPS) is 14.5. The van der Waals surface area contributed by atoms with Gasteiger partial charge in [0.15, 0.2) is 0 Å². The Labute approximate surface area is 129 Å². The van der Waals surface area contributed by atoms with Crippen molar-refractivity contribution in [2.45, 2.75) is 4.87 Å². The maximum absolute atomic E-state index is 7.18. The minimum atomic E-state index is -0.710. The molecule has 0 amide bonds. The molecule has 3 aromatic rings. The van der Waals surface area contributed by atoms with Crippen molar-refractivity contribution < 1.29 is 0 Å². The Morgan fingerprint density at radius 1 is 0.619 bits per heavy atom. The number of alkyl halides is 1. The first-order valence-corrected chi connectivity index (χ1v) is 7.34. The third kappa shape index (κ3) is 1.58. The summed E-state index contributed by atoms with van der Waals surface area (Å²) in [5, 5.41) is 0. The summed E-state index contributed by atoms with van der Waals surface area (Å²) in [5.74, 6) is 0. The van der Waals surface area contributed by atoms with Crippen molar-refractivity contribution in [3.63, 3.8) is 0 Å². The second-order valence-corrected chi connectivity index (χ2v) is 5.90. The molecule has 0 bridgehead atoms. The molecule has 0 radical (unpaired) electrons. The maximum Gasteiger partial charge on any atom is 0.123 e. The van der Waals surface area contributed by atoms with Gasteiger partial charge in [-0.1, -0.05) is 66.7 Å². The van der Waals surface area contributed by atoms with E-state index < -0.39 is 4.87 Å². The highest BCUT2D eigenvalue weighted by Crippen LogP contribution is 2.55. The first kappa shape index (κ1) is 12.5. The molecule has 21 heavy (non-hydrogen) atoms. The van der Waals surface area contributed by atoms with Crippen LogP contribution in [0.1, 0.15) is 16.7 Å². The van der Waals surface area contributed by atoms with E-state index in [0.29, 0.717) is 0 Å². The van der Waals surface area contributed by atoms with Crippen LogP contribution in [-0.4, -0.2) is 0 Å². The zero-order valence-corrected chi connectivity index (χ0v) is 12.1. The van der Waals surface area contributed by atoms with Gasteiger partial charge in [-0.15, -0.1) is 11.6 Å². The maximum atomic E-state index is 7.18. The second kappa shape index (κ2) is 4.37. The second-order valence-electron chi connectivity index (χ2n) is 5.34. The fourth-order valence-corrected chi connectivity index (χ4v) is 3.78. The van der Waals surface area contributed by atoms with Gasteiger partial charge in [0.1, 0.15) is 4.87 Å². The molecular weight excluding hydrogens is 278 g/mol. The van der Waals surface area contributed by atoms with Crippen molar-refractivity contribution in [3.05, 3.63) is 89.5 Å². The molecule has 0 heterocycles. The molecule has 0 unspecified atom stereocenters. The van der Waals surface area contributed by atoms with Crippen LogP contribution in [0.2, 0.25) is 0 Å². The predicted molar refractivity (Wildman–Crippen MR) is 88.5 cm³/mol. The average molecular weight is 292 g/mol. The summed E-state index contributed by atoms with van der Waals surface area (Å²) >= 11 is 7.18. The van der Waals surface area contributed by atoms with Gasteiger partial charge in [0.2, 0.25) is 0 Å². The number of nitrogen functional groups attached to an aromatic ring is 1. The van der Waals surface area contributed by atoms with Gasteiger partial charge in [0, 0.05) is 11.3 Å². The molecule has 0 spiro atoms. The first-order chi connectivity index (χ1) is 10.2. The lowest BCUT2D eigenvalue weighted by molar-refractivity contribution is 0.915. The van der Waals surface area contributed by atoms with E-state index in [1.54, 1.807) is 0 Å². The highest BCUT2D eigenvalue weighted by molar-refractivity contribution is 6.30. The Hall–Kier alpha value is -2.25. The molecular formula is C19H14ClN. The molecule has 2 N–H and O–H groups in total. The van der Waals surface area contributed by atoms with Crippen LogP contribution >= 0.6 is 11.6 Å². The summed E-state index contributed by atoms with van der Waals surface area (Å²) in [6.07, 6.45) is 0. The van der Waals surface area contributed by atoms with Crippen LogP contribution in [0.4, 0.5) is 5.69 Å². The van der Waals surface area contributed by atoms with Gasteiger partial charge < -0.3 is 5.73 Å². The summed E-state index contributed by atoms with van der Waals surface area (Å²) < 4.78 is 0. The molecule has 0 aliphatic heterocycles. The summed E-state index contributed by atoms with van der Waals surface area (Å²) in [4.78, 5) is -0.710. The zero-order valence-electron chi connectivity index (χ0n) is 11.4. The third-order valence-electron chi connectivity index (χ3n) is 4.22. The van der Waals surface area contributed by atoms with E-state index >= 15 is 0 Å². The van der Waals surface area contributed by atoms with Gasteiger partial charge in [-0.3, -0.25) is 0 Å². The molecule has 1 nitrogen and oxygen atoms in total. The van der Waals surface area contributed by atoms with Gasteiger partial charge in [0.25, 0.3) is 0 Å². The number of nitrogens with two attached hydrogens (primary N) is 1. The van der Waals surface area contributed by atoms with E-state index in [4.69, 9.17) is 17.3 Å².